The highest BCUT2D eigenvalue weighted by molar-refractivity contribution is 7.20. The first-order chi connectivity index (χ1) is 9.11. The van der Waals surface area contributed by atoms with Gasteiger partial charge in [0.1, 0.15) is 4.88 Å². The lowest BCUT2D eigenvalue weighted by molar-refractivity contribution is -0.139. The molecule has 0 fully saturated rings. The molecule has 98 valence electrons. The van der Waals surface area contributed by atoms with Crippen molar-refractivity contribution in [3.8, 4) is 0 Å². The Morgan fingerprint density at radius 2 is 2.21 bits per heavy atom. The number of carboxylic acid groups (broad SMARTS) is 1. The summed E-state index contributed by atoms with van der Waals surface area (Å²) in [5.41, 5.74) is 0.894. The van der Waals surface area contributed by atoms with Gasteiger partial charge in [-0.1, -0.05) is 24.3 Å². The van der Waals surface area contributed by atoms with Crippen LogP contribution in [0, 0.1) is 0 Å². The number of methoxy groups -OCH3 is 1. The zero-order chi connectivity index (χ0) is 13.8. The average Bonchev–Trinajstić information content (AvgIpc) is 2.83. The number of thiophene rings is 1. The van der Waals surface area contributed by atoms with E-state index in [1.54, 1.807) is 18.2 Å². The summed E-state index contributed by atoms with van der Waals surface area (Å²) >= 11 is 1.24. The highest BCUT2D eigenvalue weighted by Gasteiger charge is 2.09. The third kappa shape index (κ3) is 3.00. The second-order valence-electron chi connectivity index (χ2n) is 3.86. The lowest BCUT2D eigenvalue weighted by Crippen LogP contribution is -1.96. The van der Waals surface area contributed by atoms with E-state index in [0.29, 0.717) is 4.88 Å². The summed E-state index contributed by atoms with van der Waals surface area (Å²) in [6.07, 6.45) is 3.71. The smallest absolute Gasteiger partial charge is 0.345 e. The molecule has 0 saturated carbocycles. The molecule has 0 aliphatic rings. The number of hydrogen-bond donors (Lipinski definition) is 1. The monoisotopic (exact) mass is 276 g/mol. The van der Waals surface area contributed by atoms with Gasteiger partial charge in [-0.2, -0.15) is 0 Å². The molecule has 1 aromatic heterocycles. The molecular formula is C14H12O4S. The second-order valence-corrected chi connectivity index (χ2v) is 4.94. The number of fused-ring (bicyclic) bond motifs is 1. The van der Waals surface area contributed by atoms with Gasteiger partial charge >= 0.3 is 11.9 Å². The van der Waals surface area contributed by atoms with E-state index in [0.717, 1.165) is 15.6 Å². The zero-order valence-corrected chi connectivity index (χ0v) is 11.1. The van der Waals surface area contributed by atoms with Crippen LogP contribution < -0.4 is 0 Å². The van der Waals surface area contributed by atoms with Crippen molar-refractivity contribution in [2.45, 2.75) is 6.42 Å². The van der Waals surface area contributed by atoms with Crippen LogP contribution in [0.1, 0.15) is 21.7 Å². The fraction of sp³-hybridized carbons (Fsp3) is 0.143. The molecule has 0 bridgehead atoms. The molecule has 2 rings (SSSR count). The Labute approximate surface area is 113 Å². The van der Waals surface area contributed by atoms with E-state index in [1.807, 2.05) is 18.2 Å². The molecule has 0 amide bonds. The molecule has 0 unspecified atom stereocenters. The minimum atomic E-state index is -0.925. The van der Waals surface area contributed by atoms with Crippen molar-refractivity contribution < 1.29 is 19.4 Å². The summed E-state index contributed by atoms with van der Waals surface area (Å²) in [5, 5.41) is 9.87. The van der Waals surface area contributed by atoms with Crippen molar-refractivity contribution in [1.82, 2.24) is 0 Å². The molecule has 5 heteroatoms. The zero-order valence-electron chi connectivity index (χ0n) is 10.3. The lowest BCUT2D eigenvalue weighted by atomic mass is 10.1. The van der Waals surface area contributed by atoms with Gasteiger partial charge in [-0.15, -0.1) is 11.3 Å². The van der Waals surface area contributed by atoms with Gasteiger partial charge in [-0.05, 0) is 17.7 Å². The Hall–Kier alpha value is -2.14. The van der Waals surface area contributed by atoms with E-state index >= 15 is 0 Å². The molecular weight excluding hydrogens is 264 g/mol. The highest BCUT2D eigenvalue weighted by Crippen LogP contribution is 2.29. The van der Waals surface area contributed by atoms with Crippen LogP contribution in [0.15, 0.2) is 30.3 Å². The Morgan fingerprint density at radius 3 is 2.89 bits per heavy atom. The first-order valence-electron chi connectivity index (χ1n) is 5.61. The summed E-state index contributed by atoms with van der Waals surface area (Å²) < 4.78 is 5.46. The minimum Gasteiger partial charge on any atom is -0.477 e. The van der Waals surface area contributed by atoms with Crippen molar-refractivity contribution >= 4 is 39.4 Å². The lowest BCUT2D eigenvalue weighted by Gasteiger charge is -1.96. The number of benzene rings is 1. The maximum atomic E-state index is 11.0. The molecule has 19 heavy (non-hydrogen) atoms. The van der Waals surface area contributed by atoms with Gasteiger partial charge in [0.25, 0.3) is 0 Å². The topological polar surface area (TPSA) is 63.6 Å². The van der Waals surface area contributed by atoms with Crippen molar-refractivity contribution in [1.29, 1.82) is 0 Å². The van der Waals surface area contributed by atoms with Gasteiger partial charge in [0.2, 0.25) is 0 Å². The maximum Gasteiger partial charge on any atom is 0.345 e. The summed E-state index contributed by atoms with van der Waals surface area (Å²) in [6, 6.07) is 7.28. The Kier molecular flexibility index (Phi) is 3.97. The third-order valence-corrected chi connectivity index (χ3v) is 3.70. The normalized spacial score (nSPS) is 11.0. The molecule has 0 aliphatic heterocycles. The highest BCUT2D eigenvalue weighted by atomic mass is 32.1. The summed E-state index contributed by atoms with van der Waals surface area (Å²) in [4.78, 5) is 22.3. The van der Waals surface area contributed by atoms with Crippen LogP contribution in [0.3, 0.4) is 0 Å². The predicted octanol–water partition coefficient (Wildman–Crippen LogP) is 3.18. The van der Waals surface area contributed by atoms with Crippen LogP contribution in [0.2, 0.25) is 0 Å². The largest absolute Gasteiger partial charge is 0.477 e. The standard InChI is InChI=1S/C14H12O4S/c1-18-13(15)7-3-5-9-4-2-6-11-10(9)8-12(19-11)14(16)17/h2-6,8H,7H2,1H3,(H,16,17). The van der Waals surface area contributed by atoms with E-state index in [4.69, 9.17) is 5.11 Å². The van der Waals surface area contributed by atoms with Crippen molar-refractivity contribution in [2.24, 2.45) is 0 Å². The first-order valence-corrected chi connectivity index (χ1v) is 6.42. The second kappa shape index (κ2) is 5.67. The van der Waals surface area contributed by atoms with Gasteiger partial charge in [0, 0.05) is 10.1 Å². The van der Waals surface area contributed by atoms with Crippen molar-refractivity contribution in [2.75, 3.05) is 7.11 Å². The maximum absolute atomic E-state index is 11.0. The van der Waals surface area contributed by atoms with Gasteiger partial charge in [-0.25, -0.2) is 4.79 Å². The molecule has 1 N–H and O–H groups in total. The number of carbonyl (C=O) groups is 2. The summed E-state index contributed by atoms with van der Waals surface area (Å²) in [5.74, 6) is -1.23. The molecule has 0 saturated heterocycles. The summed E-state index contributed by atoms with van der Waals surface area (Å²) in [7, 11) is 1.34. The number of carboxylic acids is 1. The van der Waals surface area contributed by atoms with E-state index in [1.165, 1.54) is 18.4 Å². The fourth-order valence-corrected chi connectivity index (χ4v) is 2.63. The molecule has 2 aromatic rings. The summed E-state index contributed by atoms with van der Waals surface area (Å²) in [6.45, 7) is 0. The minimum absolute atomic E-state index is 0.197. The number of rotatable bonds is 4. The fourth-order valence-electron chi connectivity index (χ4n) is 1.70. The number of esters is 1. The number of hydrogen-bond acceptors (Lipinski definition) is 4. The first kappa shape index (κ1) is 13.3. The van der Waals surface area contributed by atoms with Crippen LogP contribution in [0.5, 0.6) is 0 Å². The molecule has 0 radical (unpaired) electrons. The van der Waals surface area contributed by atoms with Crippen molar-refractivity contribution in [3.63, 3.8) is 0 Å². The number of ether oxygens (including phenoxy) is 1. The van der Waals surface area contributed by atoms with E-state index < -0.39 is 5.97 Å². The van der Waals surface area contributed by atoms with Crippen LogP contribution in [-0.4, -0.2) is 24.2 Å². The molecule has 1 aromatic carbocycles. The third-order valence-electron chi connectivity index (χ3n) is 2.62. The average molecular weight is 276 g/mol. The van der Waals surface area contributed by atoms with E-state index in [-0.39, 0.29) is 12.4 Å². The molecule has 0 spiro atoms. The number of aromatic carboxylic acids is 1. The Bertz CT molecular complexity index is 655. The molecule has 1 heterocycles. The van der Waals surface area contributed by atoms with Crippen LogP contribution in [0.25, 0.3) is 16.2 Å². The molecule has 4 nitrogen and oxygen atoms in total. The van der Waals surface area contributed by atoms with Crippen LogP contribution in [-0.2, 0) is 9.53 Å². The van der Waals surface area contributed by atoms with E-state index in [2.05, 4.69) is 4.74 Å². The van der Waals surface area contributed by atoms with Crippen molar-refractivity contribution in [3.05, 3.63) is 40.8 Å². The van der Waals surface area contributed by atoms with Crippen LogP contribution in [0.4, 0.5) is 0 Å². The van der Waals surface area contributed by atoms with Gasteiger partial charge < -0.3 is 9.84 Å². The Balaban J connectivity index is 2.32. The number of carbonyl (C=O) groups excluding carboxylic acids is 1. The SMILES string of the molecule is COC(=O)CC=Cc1cccc2sc(C(=O)O)cc12. The van der Waals surface area contributed by atoms with Crippen LogP contribution >= 0.6 is 11.3 Å². The van der Waals surface area contributed by atoms with Gasteiger partial charge in [0.05, 0.1) is 13.5 Å². The van der Waals surface area contributed by atoms with Gasteiger partial charge in [-0.3, -0.25) is 4.79 Å². The molecule has 0 aliphatic carbocycles. The molecule has 0 atom stereocenters. The Morgan fingerprint density at radius 1 is 1.42 bits per heavy atom. The quantitative estimate of drug-likeness (QED) is 0.871. The van der Waals surface area contributed by atoms with E-state index in [9.17, 15) is 9.59 Å². The predicted molar refractivity (Wildman–Crippen MR) is 74.5 cm³/mol. The van der Waals surface area contributed by atoms with Gasteiger partial charge in [0.15, 0.2) is 0 Å².